The van der Waals surface area contributed by atoms with Crippen LogP contribution in [0.5, 0.6) is 0 Å². The van der Waals surface area contributed by atoms with E-state index >= 15 is 0 Å². The molecular weight excluding hydrogens is 421 g/mol. The quantitative estimate of drug-likeness (QED) is 0.441. The van der Waals surface area contributed by atoms with Gasteiger partial charge in [-0.3, -0.25) is 4.79 Å². The SMILES string of the molecule is Cc1nn(-c2ccc(F)cc2)c(C)c1/C=C/C(=O)OCC(=O)Nc1cccc(Cl)c1C. The standard InChI is InChI=1S/C23H21ClFN3O3/c1-14-20(24)5-4-6-21(14)26-22(29)13-31-23(30)12-11-19-15(2)27-28(16(19)3)18-9-7-17(25)8-10-18/h4-12H,13H2,1-3H3,(H,26,29)/b12-11+. The molecule has 0 aliphatic heterocycles. The lowest BCUT2D eigenvalue weighted by atomic mass is 10.2. The van der Waals surface area contributed by atoms with Crippen LogP contribution in [0.1, 0.15) is 22.5 Å². The molecule has 0 atom stereocenters. The molecule has 3 rings (SSSR count). The molecule has 0 bridgehead atoms. The van der Waals surface area contributed by atoms with Crippen LogP contribution < -0.4 is 5.32 Å². The number of esters is 1. The Bertz CT molecular complexity index is 1150. The van der Waals surface area contributed by atoms with Gasteiger partial charge in [0.15, 0.2) is 6.61 Å². The lowest BCUT2D eigenvalue weighted by molar-refractivity contribution is -0.142. The van der Waals surface area contributed by atoms with Gasteiger partial charge in [-0.2, -0.15) is 5.10 Å². The van der Waals surface area contributed by atoms with Gasteiger partial charge < -0.3 is 10.1 Å². The van der Waals surface area contributed by atoms with Gasteiger partial charge in [0.25, 0.3) is 5.91 Å². The van der Waals surface area contributed by atoms with Crippen molar-refractivity contribution < 1.29 is 18.7 Å². The van der Waals surface area contributed by atoms with E-state index in [1.807, 2.05) is 6.92 Å². The highest BCUT2D eigenvalue weighted by molar-refractivity contribution is 6.31. The molecule has 1 heterocycles. The van der Waals surface area contributed by atoms with Gasteiger partial charge in [-0.1, -0.05) is 17.7 Å². The molecule has 0 spiro atoms. The van der Waals surface area contributed by atoms with Crippen molar-refractivity contribution in [2.24, 2.45) is 0 Å². The van der Waals surface area contributed by atoms with Gasteiger partial charge >= 0.3 is 5.97 Å². The number of benzene rings is 2. The van der Waals surface area contributed by atoms with Crippen LogP contribution in [0.4, 0.5) is 10.1 Å². The Morgan fingerprint density at radius 2 is 1.87 bits per heavy atom. The minimum atomic E-state index is -0.661. The van der Waals surface area contributed by atoms with Crippen molar-refractivity contribution in [3.63, 3.8) is 0 Å². The smallest absolute Gasteiger partial charge is 0.331 e. The molecule has 0 aliphatic rings. The van der Waals surface area contributed by atoms with Gasteiger partial charge in [-0.05, 0) is 68.8 Å². The van der Waals surface area contributed by atoms with Gasteiger partial charge in [0.2, 0.25) is 0 Å². The highest BCUT2D eigenvalue weighted by Crippen LogP contribution is 2.23. The van der Waals surface area contributed by atoms with Gasteiger partial charge in [0.1, 0.15) is 5.82 Å². The van der Waals surface area contributed by atoms with Gasteiger partial charge in [0.05, 0.1) is 11.4 Å². The topological polar surface area (TPSA) is 73.2 Å². The molecule has 0 aliphatic carbocycles. The van der Waals surface area contributed by atoms with E-state index in [2.05, 4.69) is 10.4 Å². The van der Waals surface area contributed by atoms with Gasteiger partial charge in [-0.25, -0.2) is 13.9 Å². The second-order valence-electron chi connectivity index (χ2n) is 6.87. The number of anilines is 1. The van der Waals surface area contributed by atoms with E-state index in [1.54, 1.807) is 54.9 Å². The van der Waals surface area contributed by atoms with Crippen molar-refractivity contribution in [1.29, 1.82) is 0 Å². The Hall–Kier alpha value is -3.45. The first-order valence-electron chi connectivity index (χ1n) is 9.48. The van der Waals surface area contributed by atoms with E-state index in [4.69, 9.17) is 16.3 Å². The molecule has 6 nitrogen and oxygen atoms in total. The summed E-state index contributed by atoms with van der Waals surface area (Å²) in [5, 5.41) is 7.63. The highest BCUT2D eigenvalue weighted by atomic mass is 35.5. The molecule has 1 N–H and O–H groups in total. The van der Waals surface area contributed by atoms with Gasteiger partial charge in [-0.15, -0.1) is 0 Å². The Morgan fingerprint density at radius 3 is 2.58 bits per heavy atom. The maximum absolute atomic E-state index is 13.2. The molecule has 3 aromatic rings. The highest BCUT2D eigenvalue weighted by Gasteiger charge is 2.12. The second-order valence-corrected chi connectivity index (χ2v) is 7.28. The number of aromatic nitrogens is 2. The molecule has 0 unspecified atom stereocenters. The molecule has 1 aromatic heterocycles. The minimum Gasteiger partial charge on any atom is -0.452 e. The largest absolute Gasteiger partial charge is 0.452 e. The zero-order valence-corrected chi connectivity index (χ0v) is 18.0. The molecule has 160 valence electrons. The average molecular weight is 442 g/mol. The number of nitrogens with zero attached hydrogens (tertiary/aromatic N) is 2. The summed E-state index contributed by atoms with van der Waals surface area (Å²) in [5.41, 5.74) is 4.20. The molecule has 31 heavy (non-hydrogen) atoms. The zero-order valence-electron chi connectivity index (χ0n) is 17.3. The molecular formula is C23H21ClFN3O3. The van der Waals surface area contributed by atoms with Crippen LogP contribution >= 0.6 is 11.6 Å². The first-order valence-corrected chi connectivity index (χ1v) is 9.86. The summed E-state index contributed by atoms with van der Waals surface area (Å²) in [4.78, 5) is 24.1. The number of nitrogens with one attached hydrogen (secondary N) is 1. The molecule has 0 saturated heterocycles. The fraction of sp³-hybridized carbons (Fsp3) is 0.174. The molecule has 0 saturated carbocycles. The van der Waals surface area contributed by atoms with Crippen LogP contribution in [0.2, 0.25) is 5.02 Å². The summed E-state index contributed by atoms with van der Waals surface area (Å²) in [6.45, 7) is 5.00. The lowest BCUT2D eigenvalue weighted by Crippen LogP contribution is -2.20. The molecule has 0 fully saturated rings. The number of aryl methyl sites for hydroxylation is 1. The molecule has 0 radical (unpaired) electrons. The Morgan fingerprint density at radius 1 is 1.16 bits per heavy atom. The van der Waals surface area contributed by atoms with E-state index in [9.17, 15) is 14.0 Å². The van der Waals surface area contributed by atoms with E-state index in [-0.39, 0.29) is 5.82 Å². The number of amides is 1. The maximum Gasteiger partial charge on any atom is 0.331 e. The fourth-order valence-corrected chi connectivity index (χ4v) is 3.17. The molecule has 1 amide bonds. The summed E-state index contributed by atoms with van der Waals surface area (Å²) in [6.07, 6.45) is 2.82. The zero-order chi connectivity index (χ0) is 22.5. The van der Waals surface area contributed by atoms with Crippen molar-refractivity contribution >= 4 is 35.2 Å². The summed E-state index contributed by atoms with van der Waals surface area (Å²) in [5.74, 6) is -1.46. The van der Waals surface area contributed by atoms with Crippen molar-refractivity contribution in [3.05, 3.63) is 81.9 Å². The molecule has 2 aromatic carbocycles. The third kappa shape index (κ3) is 5.38. The number of carbonyl (C=O) groups is 2. The number of halogens is 2. The van der Waals surface area contributed by atoms with E-state index in [0.29, 0.717) is 22.1 Å². The van der Waals surface area contributed by atoms with E-state index < -0.39 is 18.5 Å². The minimum absolute atomic E-state index is 0.331. The van der Waals surface area contributed by atoms with E-state index in [0.717, 1.165) is 16.8 Å². The summed E-state index contributed by atoms with van der Waals surface area (Å²) in [7, 11) is 0. The normalized spacial score (nSPS) is 11.0. The first-order chi connectivity index (χ1) is 14.8. The summed E-state index contributed by atoms with van der Waals surface area (Å²) < 4.78 is 19.8. The van der Waals surface area contributed by atoms with Crippen LogP contribution in [-0.2, 0) is 14.3 Å². The monoisotopic (exact) mass is 441 g/mol. The number of hydrogen-bond donors (Lipinski definition) is 1. The third-order valence-corrected chi connectivity index (χ3v) is 5.10. The Labute approximate surface area is 184 Å². The molecule has 8 heteroatoms. The Kier molecular flexibility index (Phi) is 6.87. The van der Waals surface area contributed by atoms with Crippen LogP contribution in [0, 0.1) is 26.6 Å². The van der Waals surface area contributed by atoms with Crippen LogP contribution in [0.15, 0.2) is 48.5 Å². The number of ether oxygens (including phenoxy) is 1. The second kappa shape index (κ2) is 9.57. The average Bonchev–Trinajstić information content (AvgIpc) is 3.02. The van der Waals surface area contributed by atoms with Crippen molar-refractivity contribution in [2.75, 3.05) is 11.9 Å². The summed E-state index contributed by atoms with van der Waals surface area (Å²) in [6, 6.07) is 11.1. The predicted octanol–water partition coefficient (Wildman–Crippen LogP) is 4.79. The van der Waals surface area contributed by atoms with E-state index in [1.165, 1.54) is 18.2 Å². The van der Waals surface area contributed by atoms with Crippen molar-refractivity contribution in [1.82, 2.24) is 9.78 Å². The van der Waals surface area contributed by atoms with Crippen molar-refractivity contribution in [2.45, 2.75) is 20.8 Å². The predicted molar refractivity (Wildman–Crippen MR) is 118 cm³/mol. The summed E-state index contributed by atoms with van der Waals surface area (Å²) >= 11 is 6.03. The maximum atomic E-state index is 13.2. The fourth-order valence-electron chi connectivity index (χ4n) is 2.99. The third-order valence-electron chi connectivity index (χ3n) is 4.69. The van der Waals surface area contributed by atoms with Crippen LogP contribution in [0.25, 0.3) is 11.8 Å². The van der Waals surface area contributed by atoms with Crippen LogP contribution in [0.3, 0.4) is 0 Å². The number of hydrogen-bond acceptors (Lipinski definition) is 4. The number of rotatable bonds is 6. The Balaban J connectivity index is 1.62. The first kappa shape index (κ1) is 22.2. The van der Waals surface area contributed by atoms with Crippen LogP contribution in [-0.4, -0.2) is 28.3 Å². The van der Waals surface area contributed by atoms with Gasteiger partial charge in [0, 0.05) is 28.0 Å². The lowest BCUT2D eigenvalue weighted by Gasteiger charge is -2.09. The van der Waals surface area contributed by atoms with Crippen molar-refractivity contribution in [3.8, 4) is 5.69 Å². The number of carbonyl (C=O) groups excluding carboxylic acids is 2.